The number of imidazole rings is 1. The lowest BCUT2D eigenvalue weighted by atomic mass is 10.00. The summed E-state index contributed by atoms with van der Waals surface area (Å²) < 4.78 is 8.14. The van der Waals surface area contributed by atoms with Gasteiger partial charge in [-0.25, -0.2) is 4.98 Å². The van der Waals surface area contributed by atoms with Gasteiger partial charge in [-0.2, -0.15) is 0 Å². The molecule has 0 aliphatic carbocycles. The maximum atomic E-state index is 6.08. The van der Waals surface area contributed by atoms with Crippen LogP contribution < -0.4 is 5.32 Å². The number of hydrogen-bond donors (Lipinski definition) is 1. The van der Waals surface area contributed by atoms with E-state index in [-0.39, 0.29) is 6.10 Å². The molecule has 3 heterocycles. The van der Waals surface area contributed by atoms with Crippen LogP contribution in [0.15, 0.2) is 53.8 Å². The molecule has 1 fully saturated rings. The van der Waals surface area contributed by atoms with Gasteiger partial charge in [-0.15, -0.1) is 0 Å². The van der Waals surface area contributed by atoms with Gasteiger partial charge in [-0.05, 0) is 37.1 Å². The number of aliphatic imine (C=N–C) groups is 1. The Hall–Kier alpha value is -2.86. The van der Waals surface area contributed by atoms with Crippen molar-refractivity contribution in [2.24, 2.45) is 4.99 Å². The second kappa shape index (κ2) is 8.66. The minimum atomic E-state index is 0.0707. The highest BCUT2D eigenvalue weighted by molar-refractivity contribution is 5.80. The number of fused-ring (bicyclic) bond motifs is 1. The average Bonchev–Trinajstić information content (AvgIpc) is 3.14. The molecule has 0 spiro atoms. The Morgan fingerprint density at radius 2 is 2.17 bits per heavy atom. The highest BCUT2D eigenvalue weighted by atomic mass is 16.5. The number of nitrogens with one attached hydrogen (secondary N) is 1. The standard InChI is InChI=1S/C23H29N5O/c1-17-7-8-20(18(2)14-17)21-16-28(12-13-29-21)23(24-3)25-10-9-19-15-27-11-5-4-6-22(27)26-19/h4-8,11,14-15,21H,9-10,12-13,16H2,1-3H3,(H,24,25). The van der Waals surface area contributed by atoms with E-state index in [2.05, 4.69) is 62.8 Å². The lowest BCUT2D eigenvalue weighted by molar-refractivity contribution is -0.00830. The third-order valence-corrected chi connectivity index (χ3v) is 5.43. The zero-order valence-electron chi connectivity index (χ0n) is 17.4. The van der Waals surface area contributed by atoms with Gasteiger partial charge in [-0.3, -0.25) is 4.99 Å². The SMILES string of the molecule is CN=C(NCCc1cn2ccccc2n1)N1CCOC(c2ccc(C)cc2C)C1. The maximum Gasteiger partial charge on any atom is 0.193 e. The van der Waals surface area contributed by atoms with Crippen molar-refractivity contribution in [3.05, 3.63) is 71.2 Å². The lowest BCUT2D eigenvalue weighted by Gasteiger charge is -2.35. The van der Waals surface area contributed by atoms with Crippen molar-refractivity contribution in [2.75, 3.05) is 33.3 Å². The van der Waals surface area contributed by atoms with Gasteiger partial charge in [0.25, 0.3) is 0 Å². The van der Waals surface area contributed by atoms with E-state index in [1.165, 1.54) is 16.7 Å². The van der Waals surface area contributed by atoms with Crippen LogP contribution >= 0.6 is 0 Å². The summed E-state index contributed by atoms with van der Waals surface area (Å²) in [6, 6.07) is 12.6. The molecule has 2 aromatic heterocycles. The Bertz CT molecular complexity index is 976. The van der Waals surface area contributed by atoms with Crippen molar-refractivity contribution in [2.45, 2.75) is 26.4 Å². The minimum Gasteiger partial charge on any atom is -0.370 e. The third kappa shape index (κ3) is 4.43. The van der Waals surface area contributed by atoms with Crippen LogP contribution in [0.5, 0.6) is 0 Å². The maximum absolute atomic E-state index is 6.08. The van der Waals surface area contributed by atoms with Crippen molar-refractivity contribution in [3.63, 3.8) is 0 Å². The Kier molecular flexibility index (Phi) is 5.81. The largest absolute Gasteiger partial charge is 0.370 e. The molecule has 1 aliphatic heterocycles. The average molecular weight is 392 g/mol. The Labute approximate surface area is 172 Å². The number of morpholine rings is 1. The predicted octanol–water partition coefficient (Wildman–Crippen LogP) is 3.14. The lowest BCUT2D eigenvalue weighted by Crippen LogP contribution is -2.48. The van der Waals surface area contributed by atoms with Gasteiger partial charge >= 0.3 is 0 Å². The summed E-state index contributed by atoms with van der Waals surface area (Å²) in [5, 5.41) is 3.50. The molecule has 0 saturated carbocycles. The van der Waals surface area contributed by atoms with Crippen molar-refractivity contribution >= 4 is 11.6 Å². The molecule has 0 radical (unpaired) electrons. The first kappa shape index (κ1) is 19.5. The molecule has 0 amide bonds. The molecule has 3 aromatic rings. The molecule has 29 heavy (non-hydrogen) atoms. The fraction of sp³-hybridized carbons (Fsp3) is 0.391. The van der Waals surface area contributed by atoms with Crippen LogP contribution in [0.2, 0.25) is 0 Å². The van der Waals surface area contributed by atoms with Gasteiger partial charge in [0.05, 0.1) is 18.8 Å². The highest BCUT2D eigenvalue weighted by Crippen LogP contribution is 2.25. The fourth-order valence-corrected chi connectivity index (χ4v) is 3.96. The van der Waals surface area contributed by atoms with Crippen LogP contribution in [0.1, 0.15) is 28.5 Å². The molecular weight excluding hydrogens is 362 g/mol. The summed E-state index contributed by atoms with van der Waals surface area (Å²) in [7, 11) is 1.84. The van der Waals surface area contributed by atoms with Crippen molar-refractivity contribution in [1.82, 2.24) is 19.6 Å². The van der Waals surface area contributed by atoms with Crippen LogP contribution in [-0.4, -0.2) is 53.5 Å². The van der Waals surface area contributed by atoms with E-state index in [1.807, 2.05) is 31.4 Å². The fourth-order valence-electron chi connectivity index (χ4n) is 3.96. The number of benzene rings is 1. The van der Waals surface area contributed by atoms with Crippen LogP contribution in [-0.2, 0) is 11.2 Å². The minimum absolute atomic E-state index is 0.0707. The number of aryl methyl sites for hydroxylation is 2. The van der Waals surface area contributed by atoms with Crippen LogP contribution in [0.3, 0.4) is 0 Å². The molecule has 6 heteroatoms. The topological polar surface area (TPSA) is 54.2 Å². The van der Waals surface area contributed by atoms with Crippen LogP contribution in [0, 0.1) is 13.8 Å². The van der Waals surface area contributed by atoms with E-state index in [1.54, 1.807) is 0 Å². The number of ether oxygens (including phenoxy) is 1. The summed E-state index contributed by atoms with van der Waals surface area (Å²) in [5.74, 6) is 0.923. The van der Waals surface area contributed by atoms with E-state index in [0.717, 1.165) is 43.4 Å². The van der Waals surface area contributed by atoms with Gasteiger partial charge in [0.15, 0.2) is 5.96 Å². The molecule has 6 nitrogen and oxygen atoms in total. The first-order chi connectivity index (χ1) is 14.1. The Morgan fingerprint density at radius 3 is 2.97 bits per heavy atom. The number of hydrogen-bond acceptors (Lipinski definition) is 3. The number of guanidine groups is 1. The highest BCUT2D eigenvalue weighted by Gasteiger charge is 2.25. The third-order valence-electron chi connectivity index (χ3n) is 5.43. The van der Waals surface area contributed by atoms with Gasteiger partial charge in [-0.1, -0.05) is 29.8 Å². The summed E-state index contributed by atoms with van der Waals surface area (Å²) in [4.78, 5) is 11.5. The number of aromatic nitrogens is 2. The monoisotopic (exact) mass is 391 g/mol. The summed E-state index contributed by atoms with van der Waals surface area (Å²) in [6.07, 6.45) is 5.04. The van der Waals surface area contributed by atoms with Crippen molar-refractivity contribution in [1.29, 1.82) is 0 Å². The van der Waals surface area contributed by atoms with Crippen molar-refractivity contribution < 1.29 is 4.74 Å². The van der Waals surface area contributed by atoms with Gasteiger partial charge in [0.1, 0.15) is 11.8 Å². The van der Waals surface area contributed by atoms with E-state index >= 15 is 0 Å². The Balaban J connectivity index is 1.37. The first-order valence-electron chi connectivity index (χ1n) is 10.2. The predicted molar refractivity (Wildman–Crippen MR) is 116 cm³/mol. The summed E-state index contributed by atoms with van der Waals surface area (Å²) in [5.41, 5.74) is 5.89. The molecule has 1 N–H and O–H groups in total. The van der Waals surface area contributed by atoms with Gasteiger partial charge < -0.3 is 19.4 Å². The molecule has 1 aromatic carbocycles. The van der Waals surface area contributed by atoms with Crippen molar-refractivity contribution in [3.8, 4) is 0 Å². The Morgan fingerprint density at radius 1 is 1.28 bits per heavy atom. The number of nitrogens with zero attached hydrogens (tertiary/aromatic N) is 4. The first-order valence-corrected chi connectivity index (χ1v) is 10.2. The molecule has 1 aliphatic rings. The quantitative estimate of drug-likeness (QED) is 0.548. The number of pyridine rings is 1. The molecule has 4 rings (SSSR count). The van der Waals surface area contributed by atoms with E-state index < -0.39 is 0 Å². The van der Waals surface area contributed by atoms with E-state index in [9.17, 15) is 0 Å². The smallest absolute Gasteiger partial charge is 0.193 e. The van der Waals surface area contributed by atoms with E-state index in [0.29, 0.717) is 6.61 Å². The second-order valence-electron chi connectivity index (χ2n) is 7.59. The number of rotatable bonds is 4. The van der Waals surface area contributed by atoms with Gasteiger partial charge in [0, 0.05) is 39.0 Å². The molecule has 1 saturated heterocycles. The summed E-state index contributed by atoms with van der Waals surface area (Å²) >= 11 is 0. The molecule has 1 unspecified atom stereocenters. The molecule has 1 atom stereocenters. The zero-order chi connectivity index (χ0) is 20.2. The summed E-state index contributed by atoms with van der Waals surface area (Å²) in [6.45, 7) is 7.42. The van der Waals surface area contributed by atoms with E-state index in [4.69, 9.17) is 4.74 Å². The zero-order valence-corrected chi connectivity index (χ0v) is 17.4. The molecule has 152 valence electrons. The van der Waals surface area contributed by atoms with Gasteiger partial charge in [0.2, 0.25) is 0 Å². The normalized spacial score (nSPS) is 17.7. The van der Waals surface area contributed by atoms with Crippen LogP contribution in [0.25, 0.3) is 5.65 Å². The second-order valence-corrected chi connectivity index (χ2v) is 7.59. The molecular formula is C23H29N5O. The molecule has 0 bridgehead atoms. The van der Waals surface area contributed by atoms with Crippen LogP contribution in [0.4, 0.5) is 0 Å².